The minimum absolute atomic E-state index is 0.0313. The van der Waals surface area contributed by atoms with E-state index < -0.39 is 5.97 Å². The highest BCUT2D eigenvalue weighted by Crippen LogP contribution is 2.17. The lowest BCUT2D eigenvalue weighted by Crippen LogP contribution is -2.02. The SMILES string of the molecule is O=C(O)Cc1csc(NCc2ccc(Br)cc2)n1. The van der Waals surface area contributed by atoms with Gasteiger partial charge in [-0.2, -0.15) is 0 Å². The van der Waals surface area contributed by atoms with Crippen LogP contribution in [0.15, 0.2) is 34.1 Å². The summed E-state index contributed by atoms with van der Waals surface area (Å²) in [4.78, 5) is 14.7. The van der Waals surface area contributed by atoms with Crippen molar-refractivity contribution in [1.82, 2.24) is 4.98 Å². The highest BCUT2D eigenvalue weighted by molar-refractivity contribution is 9.10. The number of hydrogen-bond acceptors (Lipinski definition) is 4. The Bertz CT molecular complexity index is 539. The Hall–Kier alpha value is -1.40. The number of anilines is 1. The number of hydrogen-bond donors (Lipinski definition) is 2. The van der Waals surface area contributed by atoms with Gasteiger partial charge in [0.05, 0.1) is 12.1 Å². The van der Waals surface area contributed by atoms with Crippen LogP contribution in [0.2, 0.25) is 0 Å². The molecule has 0 fully saturated rings. The highest BCUT2D eigenvalue weighted by atomic mass is 79.9. The summed E-state index contributed by atoms with van der Waals surface area (Å²) < 4.78 is 1.05. The van der Waals surface area contributed by atoms with Crippen molar-refractivity contribution in [1.29, 1.82) is 0 Å². The first-order chi connectivity index (χ1) is 8.63. The predicted octanol–water partition coefficient (Wildman–Crippen LogP) is 3.14. The van der Waals surface area contributed by atoms with E-state index in [1.54, 1.807) is 5.38 Å². The van der Waals surface area contributed by atoms with Crippen molar-refractivity contribution in [2.75, 3.05) is 5.32 Å². The Morgan fingerprint density at radius 1 is 1.39 bits per heavy atom. The molecule has 0 atom stereocenters. The largest absolute Gasteiger partial charge is 0.481 e. The molecule has 0 amide bonds. The molecule has 0 saturated carbocycles. The van der Waals surface area contributed by atoms with Crippen molar-refractivity contribution < 1.29 is 9.90 Å². The summed E-state index contributed by atoms with van der Waals surface area (Å²) in [6.07, 6.45) is -0.0313. The molecule has 4 nitrogen and oxygen atoms in total. The Kier molecular flexibility index (Phi) is 4.33. The summed E-state index contributed by atoms with van der Waals surface area (Å²) in [5.74, 6) is -0.861. The molecule has 2 rings (SSSR count). The molecule has 2 N–H and O–H groups in total. The number of rotatable bonds is 5. The van der Waals surface area contributed by atoms with Gasteiger partial charge in [0.1, 0.15) is 0 Å². The zero-order chi connectivity index (χ0) is 13.0. The normalized spacial score (nSPS) is 10.3. The molecule has 0 saturated heterocycles. The summed E-state index contributed by atoms with van der Waals surface area (Å²) in [7, 11) is 0. The molecule has 0 spiro atoms. The first-order valence-corrected chi connectivity index (χ1v) is 6.95. The van der Waals surface area contributed by atoms with Gasteiger partial charge in [-0.1, -0.05) is 28.1 Å². The third kappa shape index (κ3) is 3.82. The molecule has 1 aromatic carbocycles. The third-order valence-corrected chi connectivity index (χ3v) is 3.62. The van der Waals surface area contributed by atoms with E-state index >= 15 is 0 Å². The molecule has 0 unspecified atom stereocenters. The lowest BCUT2D eigenvalue weighted by Gasteiger charge is -2.02. The van der Waals surface area contributed by atoms with E-state index in [9.17, 15) is 4.79 Å². The fourth-order valence-electron chi connectivity index (χ4n) is 1.40. The maximum Gasteiger partial charge on any atom is 0.309 e. The van der Waals surface area contributed by atoms with Crippen molar-refractivity contribution >= 4 is 38.4 Å². The molecule has 18 heavy (non-hydrogen) atoms. The summed E-state index contributed by atoms with van der Waals surface area (Å²) >= 11 is 4.80. The van der Waals surface area contributed by atoms with Crippen LogP contribution in [0.3, 0.4) is 0 Å². The Balaban J connectivity index is 1.92. The van der Waals surface area contributed by atoms with Crippen LogP contribution in [0.25, 0.3) is 0 Å². The third-order valence-electron chi connectivity index (χ3n) is 2.24. The van der Waals surface area contributed by atoms with Crippen molar-refractivity contribution in [3.05, 3.63) is 45.4 Å². The number of halogens is 1. The van der Waals surface area contributed by atoms with E-state index in [1.165, 1.54) is 11.3 Å². The number of benzene rings is 1. The standard InChI is InChI=1S/C12H11BrN2O2S/c13-9-3-1-8(2-4-9)6-14-12-15-10(7-18-12)5-11(16)17/h1-4,7H,5-6H2,(H,14,15)(H,16,17). The van der Waals surface area contributed by atoms with E-state index in [1.807, 2.05) is 24.3 Å². The Morgan fingerprint density at radius 3 is 2.78 bits per heavy atom. The van der Waals surface area contributed by atoms with Gasteiger partial charge in [-0.3, -0.25) is 4.79 Å². The van der Waals surface area contributed by atoms with Crippen LogP contribution in [-0.2, 0) is 17.8 Å². The van der Waals surface area contributed by atoms with Crippen LogP contribution in [0.1, 0.15) is 11.3 Å². The van der Waals surface area contributed by atoms with E-state index in [0.717, 1.165) is 15.2 Å². The van der Waals surface area contributed by atoms with Crippen LogP contribution >= 0.6 is 27.3 Å². The molecular weight excluding hydrogens is 316 g/mol. The summed E-state index contributed by atoms with van der Waals surface area (Å²) in [5.41, 5.74) is 1.74. The number of carboxylic acid groups (broad SMARTS) is 1. The zero-order valence-corrected chi connectivity index (χ0v) is 11.8. The number of nitrogens with one attached hydrogen (secondary N) is 1. The lowest BCUT2D eigenvalue weighted by molar-refractivity contribution is -0.136. The van der Waals surface area contributed by atoms with Gasteiger partial charge in [-0.15, -0.1) is 11.3 Å². The molecule has 0 bridgehead atoms. The molecule has 0 aliphatic rings. The molecule has 2 aromatic rings. The average Bonchev–Trinajstić information content (AvgIpc) is 2.75. The van der Waals surface area contributed by atoms with Crippen LogP contribution in [0.4, 0.5) is 5.13 Å². The molecule has 0 radical (unpaired) electrons. The molecule has 1 aromatic heterocycles. The topological polar surface area (TPSA) is 62.2 Å². The van der Waals surface area contributed by atoms with Crippen LogP contribution in [0.5, 0.6) is 0 Å². The maximum atomic E-state index is 10.5. The van der Waals surface area contributed by atoms with E-state index in [2.05, 4.69) is 26.2 Å². The van der Waals surface area contributed by atoms with Gasteiger partial charge in [-0.05, 0) is 17.7 Å². The maximum absolute atomic E-state index is 10.5. The summed E-state index contributed by atoms with van der Waals surface area (Å²) in [6, 6.07) is 8.00. The molecule has 0 aliphatic heterocycles. The smallest absolute Gasteiger partial charge is 0.309 e. The van der Waals surface area contributed by atoms with Crippen LogP contribution in [0, 0.1) is 0 Å². The van der Waals surface area contributed by atoms with Gasteiger partial charge < -0.3 is 10.4 Å². The molecular formula is C12H11BrN2O2S. The van der Waals surface area contributed by atoms with E-state index in [0.29, 0.717) is 12.2 Å². The average molecular weight is 327 g/mol. The number of thiazole rings is 1. The Labute approximate surface area is 117 Å². The monoisotopic (exact) mass is 326 g/mol. The fraction of sp³-hybridized carbons (Fsp3) is 0.167. The van der Waals surface area contributed by atoms with Crippen molar-refractivity contribution in [3.8, 4) is 0 Å². The van der Waals surface area contributed by atoms with Crippen LogP contribution in [-0.4, -0.2) is 16.1 Å². The predicted molar refractivity (Wildman–Crippen MR) is 74.9 cm³/mol. The number of carboxylic acids is 1. The van der Waals surface area contributed by atoms with E-state index in [4.69, 9.17) is 5.11 Å². The van der Waals surface area contributed by atoms with Crippen molar-refractivity contribution in [2.24, 2.45) is 0 Å². The molecule has 1 heterocycles. The van der Waals surface area contributed by atoms with Crippen LogP contribution < -0.4 is 5.32 Å². The van der Waals surface area contributed by atoms with Gasteiger partial charge in [-0.25, -0.2) is 4.98 Å². The number of nitrogens with zero attached hydrogens (tertiary/aromatic N) is 1. The molecule has 6 heteroatoms. The van der Waals surface area contributed by atoms with Gasteiger partial charge in [0.15, 0.2) is 5.13 Å². The second-order valence-corrected chi connectivity index (χ2v) is 5.47. The second-order valence-electron chi connectivity index (χ2n) is 3.69. The van der Waals surface area contributed by atoms with Crippen molar-refractivity contribution in [2.45, 2.75) is 13.0 Å². The summed E-state index contributed by atoms with van der Waals surface area (Å²) in [5, 5.41) is 14.3. The van der Waals surface area contributed by atoms with E-state index in [-0.39, 0.29) is 6.42 Å². The number of aliphatic carboxylic acids is 1. The minimum Gasteiger partial charge on any atom is -0.481 e. The van der Waals surface area contributed by atoms with Gasteiger partial charge in [0.25, 0.3) is 0 Å². The summed E-state index contributed by atoms with van der Waals surface area (Å²) in [6.45, 7) is 0.674. The number of aromatic nitrogens is 1. The lowest BCUT2D eigenvalue weighted by atomic mass is 10.2. The second kappa shape index (κ2) is 5.97. The minimum atomic E-state index is -0.861. The van der Waals surface area contributed by atoms with Gasteiger partial charge >= 0.3 is 5.97 Å². The van der Waals surface area contributed by atoms with Gasteiger partial charge in [0.2, 0.25) is 0 Å². The molecule has 94 valence electrons. The zero-order valence-electron chi connectivity index (χ0n) is 9.39. The fourth-order valence-corrected chi connectivity index (χ4v) is 2.38. The molecule has 0 aliphatic carbocycles. The first-order valence-electron chi connectivity index (χ1n) is 5.28. The van der Waals surface area contributed by atoms with Gasteiger partial charge in [0, 0.05) is 16.4 Å². The quantitative estimate of drug-likeness (QED) is 0.886. The van der Waals surface area contributed by atoms with Crippen molar-refractivity contribution in [3.63, 3.8) is 0 Å². The number of carbonyl (C=O) groups is 1. The Morgan fingerprint density at radius 2 is 2.11 bits per heavy atom. The highest BCUT2D eigenvalue weighted by Gasteiger charge is 2.05. The first kappa shape index (κ1) is 13.0.